The van der Waals surface area contributed by atoms with Crippen LogP contribution in [-0.2, 0) is 0 Å². The number of rotatable bonds is 6. The first-order valence-corrected chi connectivity index (χ1v) is 5.37. The third-order valence-corrected chi connectivity index (χ3v) is 2.83. The van der Waals surface area contributed by atoms with Crippen molar-refractivity contribution < 1.29 is 0 Å². The molecule has 0 saturated heterocycles. The van der Waals surface area contributed by atoms with Gasteiger partial charge in [0.2, 0.25) is 0 Å². The standard InChI is InChI=1S/C12H25/c1-6-7-11(4)12(5)9-8-10(2)3/h10-12H,1,6-9H2,2-5H3. The molecule has 73 valence electrons. The van der Waals surface area contributed by atoms with Crippen molar-refractivity contribution in [2.24, 2.45) is 17.8 Å². The summed E-state index contributed by atoms with van der Waals surface area (Å²) in [6.07, 6.45) is 5.15. The van der Waals surface area contributed by atoms with E-state index >= 15 is 0 Å². The van der Waals surface area contributed by atoms with Crippen LogP contribution in [0, 0.1) is 24.7 Å². The van der Waals surface area contributed by atoms with Crippen molar-refractivity contribution in [1.29, 1.82) is 0 Å². The van der Waals surface area contributed by atoms with Gasteiger partial charge in [0.1, 0.15) is 0 Å². The van der Waals surface area contributed by atoms with E-state index in [4.69, 9.17) is 0 Å². The lowest BCUT2D eigenvalue weighted by atomic mass is 9.86. The summed E-state index contributed by atoms with van der Waals surface area (Å²) in [5.41, 5.74) is 0. The summed E-state index contributed by atoms with van der Waals surface area (Å²) in [5, 5.41) is 0. The van der Waals surface area contributed by atoms with Gasteiger partial charge in [-0.05, 0) is 17.8 Å². The lowest BCUT2D eigenvalue weighted by molar-refractivity contribution is 0.322. The summed E-state index contributed by atoms with van der Waals surface area (Å²) in [7, 11) is 0. The van der Waals surface area contributed by atoms with E-state index in [9.17, 15) is 0 Å². The van der Waals surface area contributed by atoms with Gasteiger partial charge >= 0.3 is 0 Å². The van der Waals surface area contributed by atoms with E-state index < -0.39 is 0 Å². The molecule has 0 saturated carbocycles. The molecule has 0 aliphatic heterocycles. The third-order valence-electron chi connectivity index (χ3n) is 2.83. The molecule has 0 spiro atoms. The maximum Gasteiger partial charge on any atom is -0.0417 e. The summed E-state index contributed by atoms with van der Waals surface area (Å²) in [6.45, 7) is 13.2. The molecule has 0 nitrogen and oxygen atoms in total. The summed E-state index contributed by atoms with van der Waals surface area (Å²) in [4.78, 5) is 0. The van der Waals surface area contributed by atoms with E-state index in [0.29, 0.717) is 0 Å². The van der Waals surface area contributed by atoms with Crippen molar-refractivity contribution in [1.82, 2.24) is 0 Å². The molecule has 0 aromatic rings. The first-order valence-electron chi connectivity index (χ1n) is 5.37. The lowest BCUT2D eigenvalue weighted by Gasteiger charge is -2.19. The van der Waals surface area contributed by atoms with Crippen LogP contribution in [0.15, 0.2) is 0 Å². The molecule has 0 aliphatic rings. The van der Waals surface area contributed by atoms with Gasteiger partial charge in [0.05, 0.1) is 0 Å². The quantitative estimate of drug-likeness (QED) is 0.556. The van der Waals surface area contributed by atoms with Crippen LogP contribution in [0.25, 0.3) is 0 Å². The van der Waals surface area contributed by atoms with Gasteiger partial charge in [-0.3, -0.25) is 0 Å². The van der Waals surface area contributed by atoms with Gasteiger partial charge in [0.25, 0.3) is 0 Å². The lowest BCUT2D eigenvalue weighted by Crippen LogP contribution is -2.08. The second-order valence-electron chi connectivity index (χ2n) is 4.57. The average molecular weight is 169 g/mol. The zero-order valence-corrected chi connectivity index (χ0v) is 9.27. The molecule has 1 radical (unpaired) electrons. The van der Waals surface area contributed by atoms with Gasteiger partial charge in [-0.1, -0.05) is 60.3 Å². The minimum absolute atomic E-state index is 0.861. The smallest absolute Gasteiger partial charge is 0.0417 e. The van der Waals surface area contributed by atoms with Crippen LogP contribution in [-0.4, -0.2) is 0 Å². The molecule has 0 heterocycles. The second-order valence-corrected chi connectivity index (χ2v) is 4.57. The number of hydrogen-bond acceptors (Lipinski definition) is 0. The third kappa shape index (κ3) is 5.62. The normalized spacial score (nSPS) is 16.5. The first-order chi connectivity index (χ1) is 5.57. The molecule has 0 amide bonds. The van der Waals surface area contributed by atoms with Gasteiger partial charge < -0.3 is 0 Å². The van der Waals surface area contributed by atoms with E-state index in [-0.39, 0.29) is 0 Å². The highest BCUT2D eigenvalue weighted by atomic mass is 14.2. The minimum Gasteiger partial charge on any atom is -0.0628 e. The molecule has 0 bridgehead atoms. The fraction of sp³-hybridized carbons (Fsp3) is 0.917. The molecule has 0 aliphatic carbocycles. The highest BCUT2D eigenvalue weighted by Gasteiger charge is 2.11. The van der Waals surface area contributed by atoms with Crippen molar-refractivity contribution in [3.8, 4) is 0 Å². The largest absolute Gasteiger partial charge is 0.0628 e. The molecule has 2 atom stereocenters. The molecule has 0 aromatic carbocycles. The maximum atomic E-state index is 3.90. The Morgan fingerprint density at radius 2 is 1.33 bits per heavy atom. The van der Waals surface area contributed by atoms with Gasteiger partial charge in [0, 0.05) is 0 Å². The van der Waals surface area contributed by atoms with Crippen LogP contribution in [0.1, 0.15) is 53.4 Å². The van der Waals surface area contributed by atoms with Crippen LogP contribution >= 0.6 is 0 Å². The van der Waals surface area contributed by atoms with E-state index in [1.165, 1.54) is 19.3 Å². The monoisotopic (exact) mass is 169 g/mol. The van der Waals surface area contributed by atoms with E-state index in [0.717, 1.165) is 24.2 Å². The van der Waals surface area contributed by atoms with Gasteiger partial charge in [-0.15, -0.1) is 0 Å². The van der Waals surface area contributed by atoms with Crippen LogP contribution < -0.4 is 0 Å². The fourth-order valence-electron chi connectivity index (χ4n) is 1.49. The van der Waals surface area contributed by atoms with Gasteiger partial charge in [0.15, 0.2) is 0 Å². The Labute approximate surface area is 78.8 Å². The summed E-state index contributed by atoms with van der Waals surface area (Å²) in [5.74, 6) is 2.61. The minimum atomic E-state index is 0.861. The molecule has 0 aromatic heterocycles. The van der Waals surface area contributed by atoms with Crippen LogP contribution in [0.3, 0.4) is 0 Å². The van der Waals surface area contributed by atoms with Gasteiger partial charge in [-0.2, -0.15) is 0 Å². The zero-order valence-electron chi connectivity index (χ0n) is 9.27. The van der Waals surface area contributed by atoms with Crippen molar-refractivity contribution in [2.75, 3.05) is 0 Å². The van der Waals surface area contributed by atoms with Gasteiger partial charge in [-0.25, -0.2) is 0 Å². The Hall–Kier alpha value is 0. The van der Waals surface area contributed by atoms with Crippen LogP contribution in [0.5, 0.6) is 0 Å². The van der Waals surface area contributed by atoms with Crippen molar-refractivity contribution >= 4 is 0 Å². The predicted molar refractivity (Wildman–Crippen MR) is 57.0 cm³/mol. The Kier molecular flexibility index (Phi) is 6.51. The maximum absolute atomic E-state index is 3.90. The molecular formula is C12H25. The molecule has 0 N–H and O–H groups in total. The van der Waals surface area contributed by atoms with Crippen LogP contribution in [0.4, 0.5) is 0 Å². The van der Waals surface area contributed by atoms with E-state index in [1.807, 2.05) is 0 Å². The second kappa shape index (κ2) is 6.51. The van der Waals surface area contributed by atoms with Crippen molar-refractivity contribution in [3.63, 3.8) is 0 Å². The molecule has 0 fully saturated rings. The fourth-order valence-corrected chi connectivity index (χ4v) is 1.49. The van der Waals surface area contributed by atoms with Crippen molar-refractivity contribution in [2.45, 2.75) is 53.4 Å². The highest BCUT2D eigenvalue weighted by Crippen LogP contribution is 2.22. The molecule has 12 heavy (non-hydrogen) atoms. The highest BCUT2D eigenvalue weighted by molar-refractivity contribution is 4.63. The predicted octanol–water partition coefficient (Wildman–Crippen LogP) is 4.31. The Bertz CT molecular complexity index is 94.2. The summed E-state index contributed by atoms with van der Waals surface area (Å²) < 4.78 is 0. The molecule has 0 rings (SSSR count). The van der Waals surface area contributed by atoms with E-state index in [1.54, 1.807) is 0 Å². The Morgan fingerprint density at radius 1 is 0.833 bits per heavy atom. The Morgan fingerprint density at radius 3 is 1.75 bits per heavy atom. The first kappa shape index (κ1) is 12.0. The summed E-state index contributed by atoms with van der Waals surface area (Å²) in [6, 6.07) is 0. The summed E-state index contributed by atoms with van der Waals surface area (Å²) >= 11 is 0. The van der Waals surface area contributed by atoms with E-state index in [2.05, 4.69) is 34.6 Å². The SMILES string of the molecule is [CH2]CCC(C)C(C)CCC(C)C. The number of hydrogen-bond donors (Lipinski definition) is 0. The average Bonchev–Trinajstić information content (AvgIpc) is 2.00. The van der Waals surface area contributed by atoms with Crippen LogP contribution in [0.2, 0.25) is 0 Å². The Balaban J connectivity index is 3.49. The molecular weight excluding hydrogens is 144 g/mol. The molecule has 0 heteroatoms. The topological polar surface area (TPSA) is 0 Å². The van der Waals surface area contributed by atoms with Crippen molar-refractivity contribution in [3.05, 3.63) is 6.92 Å². The zero-order chi connectivity index (χ0) is 9.56. The molecule has 2 unspecified atom stereocenters.